The van der Waals surface area contributed by atoms with Crippen molar-refractivity contribution < 1.29 is 23.7 Å². The summed E-state index contributed by atoms with van der Waals surface area (Å²) in [6.45, 7) is 9.80. The predicted molar refractivity (Wildman–Crippen MR) is 122 cm³/mol. The maximum atomic E-state index is 12.4. The van der Waals surface area contributed by atoms with Crippen LogP contribution in [0.5, 0.6) is 17.2 Å². The van der Waals surface area contributed by atoms with Gasteiger partial charge in [-0.25, -0.2) is 4.79 Å². The van der Waals surface area contributed by atoms with Crippen molar-refractivity contribution in [3.05, 3.63) is 17.7 Å². The largest absolute Gasteiger partial charge is 0.493 e. The summed E-state index contributed by atoms with van der Waals surface area (Å²) in [6.07, 6.45) is 0.546. The Morgan fingerprint density at radius 3 is 2.10 bits per heavy atom. The highest BCUT2D eigenvalue weighted by atomic mass is 16.6. The average molecular weight is 439 g/mol. The van der Waals surface area contributed by atoms with Crippen LogP contribution >= 0.6 is 0 Å². The summed E-state index contributed by atoms with van der Waals surface area (Å²) in [6, 6.07) is 3.76. The van der Waals surface area contributed by atoms with Gasteiger partial charge in [0.05, 0.1) is 21.3 Å². The zero-order valence-electron chi connectivity index (χ0n) is 20.1. The molecule has 0 unspecified atom stereocenters. The minimum absolute atomic E-state index is 0.309. The SMILES string of the molecule is CCCN(CCNC(=NC)NCc1cc(OC)c(OC)c(OC)c1)C(=O)OC(C)(C)C. The summed E-state index contributed by atoms with van der Waals surface area (Å²) in [5, 5.41) is 6.48. The molecule has 31 heavy (non-hydrogen) atoms. The summed E-state index contributed by atoms with van der Waals surface area (Å²) in [5.74, 6) is 2.35. The van der Waals surface area contributed by atoms with Crippen molar-refractivity contribution in [3.8, 4) is 17.2 Å². The number of rotatable bonds is 10. The summed E-state index contributed by atoms with van der Waals surface area (Å²) >= 11 is 0. The van der Waals surface area contributed by atoms with E-state index in [1.165, 1.54) is 0 Å². The quantitative estimate of drug-likeness (QED) is 0.428. The van der Waals surface area contributed by atoms with Gasteiger partial charge in [0.2, 0.25) is 5.75 Å². The molecule has 1 rings (SSSR count). The number of benzene rings is 1. The second-order valence-corrected chi connectivity index (χ2v) is 7.85. The first kappa shape index (κ1) is 26.2. The number of guanidine groups is 1. The molecule has 1 aromatic carbocycles. The molecule has 0 spiro atoms. The Morgan fingerprint density at radius 2 is 1.65 bits per heavy atom. The smallest absolute Gasteiger partial charge is 0.410 e. The molecule has 1 amide bonds. The van der Waals surface area contributed by atoms with Crippen molar-refractivity contribution in [2.45, 2.75) is 46.3 Å². The predicted octanol–water partition coefficient (Wildman–Crippen LogP) is 3.02. The highest BCUT2D eigenvalue weighted by molar-refractivity contribution is 5.79. The van der Waals surface area contributed by atoms with Gasteiger partial charge in [0.1, 0.15) is 5.60 Å². The molecule has 0 bridgehead atoms. The molecule has 0 fully saturated rings. The van der Waals surface area contributed by atoms with E-state index in [2.05, 4.69) is 15.6 Å². The Balaban J connectivity index is 2.67. The molecule has 1 aromatic rings. The lowest BCUT2D eigenvalue weighted by Crippen LogP contribution is -2.44. The maximum absolute atomic E-state index is 12.4. The van der Waals surface area contributed by atoms with Crippen LogP contribution in [-0.2, 0) is 11.3 Å². The third kappa shape index (κ3) is 8.82. The van der Waals surface area contributed by atoms with Crippen LogP contribution in [0.15, 0.2) is 17.1 Å². The molecule has 9 heteroatoms. The maximum Gasteiger partial charge on any atom is 0.410 e. The number of carbonyl (C=O) groups excluding carboxylic acids is 1. The fraction of sp³-hybridized carbons (Fsp3) is 0.636. The minimum atomic E-state index is -0.519. The monoisotopic (exact) mass is 438 g/mol. The van der Waals surface area contributed by atoms with E-state index in [1.54, 1.807) is 33.3 Å². The van der Waals surface area contributed by atoms with Gasteiger partial charge in [0, 0.05) is 33.2 Å². The van der Waals surface area contributed by atoms with Crippen molar-refractivity contribution in [3.63, 3.8) is 0 Å². The van der Waals surface area contributed by atoms with Crippen LogP contribution in [0.4, 0.5) is 4.79 Å². The topological polar surface area (TPSA) is 93.7 Å². The van der Waals surface area contributed by atoms with Crippen LogP contribution < -0.4 is 24.8 Å². The van der Waals surface area contributed by atoms with Gasteiger partial charge in [-0.15, -0.1) is 0 Å². The molecule has 0 atom stereocenters. The third-order valence-corrected chi connectivity index (χ3v) is 4.23. The zero-order valence-corrected chi connectivity index (χ0v) is 20.1. The summed E-state index contributed by atoms with van der Waals surface area (Å²) < 4.78 is 21.6. The van der Waals surface area contributed by atoms with E-state index in [0.29, 0.717) is 49.4 Å². The van der Waals surface area contributed by atoms with Gasteiger partial charge in [-0.3, -0.25) is 4.99 Å². The Bertz CT molecular complexity index is 706. The number of hydrogen-bond acceptors (Lipinski definition) is 6. The number of methoxy groups -OCH3 is 3. The molecule has 0 saturated carbocycles. The summed E-state index contributed by atoms with van der Waals surface area (Å²) in [5.41, 5.74) is 0.424. The van der Waals surface area contributed by atoms with Crippen molar-refractivity contribution in [2.75, 3.05) is 48.0 Å². The molecular formula is C22H38N4O5. The first-order valence-electron chi connectivity index (χ1n) is 10.4. The lowest BCUT2D eigenvalue weighted by molar-refractivity contribution is 0.0253. The van der Waals surface area contributed by atoms with E-state index < -0.39 is 5.60 Å². The second kappa shape index (κ2) is 12.8. The van der Waals surface area contributed by atoms with Crippen molar-refractivity contribution in [1.29, 1.82) is 0 Å². The van der Waals surface area contributed by atoms with Crippen LogP contribution in [0.2, 0.25) is 0 Å². The molecule has 0 aliphatic heterocycles. The minimum Gasteiger partial charge on any atom is -0.493 e. The number of carbonyl (C=O) groups is 1. The molecule has 0 aliphatic rings. The van der Waals surface area contributed by atoms with Gasteiger partial charge >= 0.3 is 6.09 Å². The molecule has 0 aliphatic carbocycles. The van der Waals surface area contributed by atoms with Gasteiger partial charge in [-0.1, -0.05) is 6.92 Å². The molecule has 0 aromatic heterocycles. The molecule has 0 saturated heterocycles. The lowest BCUT2D eigenvalue weighted by Gasteiger charge is -2.27. The van der Waals surface area contributed by atoms with Gasteiger partial charge in [0.25, 0.3) is 0 Å². The Labute approximate surface area is 186 Å². The number of hydrogen-bond donors (Lipinski definition) is 2. The van der Waals surface area contributed by atoms with E-state index in [9.17, 15) is 4.79 Å². The molecular weight excluding hydrogens is 400 g/mol. The van der Waals surface area contributed by atoms with Crippen LogP contribution in [0.25, 0.3) is 0 Å². The number of nitrogens with one attached hydrogen (secondary N) is 2. The average Bonchev–Trinajstić information content (AvgIpc) is 2.73. The highest BCUT2D eigenvalue weighted by Crippen LogP contribution is 2.38. The fourth-order valence-corrected chi connectivity index (χ4v) is 2.84. The lowest BCUT2D eigenvalue weighted by atomic mass is 10.2. The number of ether oxygens (including phenoxy) is 4. The van der Waals surface area contributed by atoms with Crippen molar-refractivity contribution in [1.82, 2.24) is 15.5 Å². The van der Waals surface area contributed by atoms with Crippen LogP contribution in [0.1, 0.15) is 39.7 Å². The number of amides is 1. The molecule has 176 valence electrons. The summed E-state index contributed by atoms with van der Waals surface area (Å²) in [7, 11) is 6.44. The van der Waals surface area contributed by atoms with E-state index in [1.807, 2.05) is 39.8 Å². The van der Waals surface area contributed by atoms with Gasteiger partial charge in [0.15, 0.2) is 17.5 Å². The van der Waals surface area contributed by atoms with Gasteiger partial charge < -0.3 is 34.5 Å². The van der Waals surface area contributed by atoms with E-state index >= 15 is 0 Å². The van der Waals surface area contributed by atoms with E-state index in [4.69, 9.17) is 18.9 Å². The highest BCUT2D eigenvalue weighted by Gasteiger charge is 2.21. The normalized spacial score (nSPS) is 11.5. The third-order valence-electron chi connectivity index (χ3n) is 4.23. The van der Waals surface area contributed by atoms with Crippen LogP contribution in [0, 0.1) is 0 Å². The fourth-order valence-electron chi connectivity index (χ4n) is 2.84. The standard InChI is InChI=1S/C22H38N4O5/c1-9-11-26(21(27)31-22(2,3)4)12-10-24-20(23-5)25-15-16-13-17(28-6)19(30-8)18(14-16)29-7/h13-14H,9-12,15H2,1-8H3,(H2,23,24,25). The molecule has 0 radical (unpaired) electrons. The number of aliphatic imine (C=N–C) groups is 1. The first-order chi connectivity index (χ1) is 14.7. The Morgan fingerprint density at radius 1 is 1.03 bits per heavy atom. The Hall–Kier alpha value is -2.84. The van der Waals surface area contributed by atoms with Gasteiger partial charge in [-0.2, -0.15) is 0 Å². The first-order valence-corrected chi connectivity index (χ1v) is 10.4. The van der Waals surface area contributed by atoms with Crippen molar-refractivity contribution >= 4 is 12.1 Å². The van der Waals surface area contributed by atoms with Crippen molar-refractivity contribution in [2.24, 2.45) is 4.99 Å². The Kier molecular flexibility index (Phi) is 10.8. The molecule has 9 nitrogen and oxygen atoms in total. The summed E-state index contributed by atoms with van der Waals surface area (Å²) in [4.78, 5) is 18.3. The zero-order chi connectivity index (χ0) is 23.4. The van der Waals surface area contributed by atoms with Crippen LogP contribution in [0.3, 0.4) is 0 Å². The molecule has 0 heterocycles. The van der Waals surface area contributed by atoms with Gasteiger partial charge in [-0.05, 0) is 44.9 Å². The molecule has 2 N–H and O–H groups in total. The van der Waals surface area contributed by atoms with Crippen LogP contribution in [-0.4, -0.2) is 70.6 Å². The second-order valence-electron chi connectivity index (χ2n) is 7.85. The van der Waals surface area contributed by atoms with E-state index in [-0.39, 0.29) is 6.09 Å². The van der Waals surface area contributed by atoms with E-state index in [0.717, 1.165) is 12.0 Å². The number of nitrogens with zero attached hydrogens (tertiary/aromatic N) is 2.